The Morgan fingerprint density at radius 2 is 1.75 bits per heavy atom. The molecule has 2 aliphatic heterocycles. The minimum atomic E-state index is -1.07. The summed E-state index contributed by atoms with van der Waals surface area (Å²) in [7, 11) is 0. The fourth-order valence-electron chi connectivity index (χ4n) is 3.46. The molecular weight excluding hydrogens is 385 g/mol. The molecule has 1 atom stereocenters. The van der Waals surface area contributed by atoms with Crippen molar-refractivity contribution < 1.29 is 23.5 Å². The number of rotatable bonds is 2. The van der Waals surface area contributed by atoms with Crippen molar-refractivity contribution in [3.63, 3.8) is 0 Å². The van der Waals surface area contributed by atoms with E-state index in [2.05, 4.69) is 4.98 Å². The van der Waals surface area contributed by atoms with Crippen LogP contribution in [0.1, 0.15) is 26.6 Å². The van der Waals surface area contributed by atoms with Crippen molar-refractivity contribution in [2.45, 2.75) is 12.2 Å². The van der Waals surface area contributed by atoms with Gasteiger partial charge in [-0.05, 0) is 30.7 Å². The lowest BCUT2D eigenvalue weighted by Gasteiger charge is -2.42. The topological polar surface area (TPSA) is 72.0 Å². The van der Waals surface area contributed by atoms with Crippen LogP contribution in [0.5, 0.6) is 0 Å². The second-order valence-electron chi connectivity index (χ2n) is 6.76. The van der Waals surface area contributed by atoms with Gasteiger partial charge in [0, 0.05) is 30.2 Å². The average molecular weight is 405 g/mol. The highest BCUT2D eigenvalue weighted by molar-refractivity contribution is 7.11. The predicted molar refractivity (Wildman–Crippen MR) is 99.6 cm³/mol. The molecule has 9 heteroatoms. The Kier molecular flexibility index (Phi) is 5.38. The number of aromatic nitrogens is 1. The third kappa shape index (κ3) is 3.91. The molecule has 1 aromatic carbocycles. The summed E-state index contributed by atoms with van der Waals surface area (Å²) < 4.78 is 25.1. The Labute approximate surface area is 165 Å². The lowest BCUT2D eigenvalue weighted by Crippen LogP contribution is -2.59. The number of hydrogen-bond donors (Lipinski definition) is 0. The van der Waals surface area contributed by atoms with E-state index >= 15 is 0 Å². The Balaban J connectivity index is 1.52. The van der Waals surface area contributed by atoms with Gasteiger partial charge in [0.15, 0.2) is 5.01 Å². The van der Waals surface area contributed by atoms with Gasteiger partial charge >= 0.3 is 0 Å². The third-order valence-corrected chi connectivity index (χ3v) is 5.57. The van der Waals surface area contributed by atoms with Crippen molar-refractivity contribution >= 4 is 23.2 Å². The second-order valence-corrected chi connectivity index (χ2v) is 7.65. The molecule has 28 heavy (non-hydrogen) atoms. The summed E-state index contributed by atoms with van der Waals surface area (Å²) in [6.45, 7) is 2.10. The van der Waals surface area contributed by atoms with Gasteiger partial charge in [-0.3, -0.25) is 9.59 Å². The third-order valence-electron chi connectivity index (χ3n) is 4.81. The first-order chi connectivity index (χ1) is 13.6. The fraction of sp³-hybridized carbons (Fsp3) is 0.421. The number of ether oxygens (including phenoxy) is 2. The molecule has 2 amide bonds. The summed E-state index contributed by atoms with van der Waals surface area (Å²) >= 11 is 1.29. The van der Waals surface area contributed by atoms with Gasteiger partial charge in [-0.15, -0.1) is 11.3 Å². The van der Waals surface area contributed by atoms with Crippen LogP contribution in [0.2, 0.25) is 0 Å². The van der Waals surface area contributed by atoms with Crippen LogP contribution in [0.25, 0.3) is 0 Å². The van der Waals surface area contributed by atoms with Crippen LogP contribution in [0.4, 0.5) is 4.39 Å². The zero-order valence-corrected chi connectivity index (χ0v) is 16.0. The molecule has 2 fully saturated rings. The molecule has 3 heterocycles. The number of nitrogens with zero attached hydrogens (tertiary/aromatic N) is 3. The number of carbonyl (C=O) groups excluding carboxylic acids is 2. The number of hydrogen-bond acceptors (Lipinski definition) is 6. The van der Waals surface area contributed by atoms with Crippen LogP contribution in [0.3, 0.4) is 0 Å². The molecule has 0 N–H and O–H groups in total. The molecule has 4 rings (SSSR count). The molecule has 1 unspecified atom stereocenters. The largest absolute Gasteiger partial charge is 0.347 e. The first kappa shape index (κ1) is 19.0. The van der Waals surface area contributed by atoms with E-state index < -0.39 is 5.79 Å². The van der Waals surface area contributed by atoms with Crippen LogP contribution >= 0.6 is 11.3 Å². The van der Waals surface area contributed by atoms with Gasteiger partial charge in [0.25, 0.3) is 11.8 Å². The SMILES string of the molecule is O=C(c1ccc(F)cc1)N1CCCOC2(C1)CN(C(=O)c1nccs1)CCO2. The second kappa shape index (κ2) is 7.94. The highest BCUT2D eigenvalue weighted by Gasteiger charge is 2.43. The van der Waals surface area contributed by atoms with E-state index in [0.29, 0.717) is 43.3 Å². The van der Waals surface area contributed by atoms with Crippen molar-refractivity contribution in [1.29, 1.82) is 0 Å². The maximum absolute atomic E-state index is 13.2. The van der Waals surface area contributed by atoms with E-state index in [1.165, 1.54) is 35.6 Å². The van der Waals surface area contributed by atoms with E-state index in [0.717, 1.165) is 0 Å². The Morgan fingerprint density at radius 1 is 1.04 bits per heavy atom. The molecule has 2 aliphatic rings. The number of benzene rings is 1. The predicted octanol–water partition coefficient (Wildman–Crippen LogP) is 2.01. The Morgan fingerprint density at radius 3 is 2.46 bits per heavy atom. The molecule has 1 aromatic heterocycles. The summed E-state index contributed by atoms with van der Waals surface area (Å²) in [4.78, 5) is 33.0. The minimum Gasteiger partial charge on any atom is -0.347 e. The van der Waals surface area contributed by atoms with Crippen molar-refractivity contribution in [2.24, 2.45) is 0 Å². The summed E-state index contributed by atoms with van der Waals surface area (Å²) in [6.07, 6.45) is 2.25. The van der Waals surface area contributed by atoms with Gasteiger partial charge < -0.3 is 19.3 Å². The van der Waals surface area contributed by atoms with Crippen molar-refractivity contribution in [2.75, 3.05) is 39.4 Å². The highest BCUT2D eigenvalue weighted by Crippen LogP contribution is 2.26. The lowest BCUT2D eigenvalue weighted by atomic mass is 10.1. The van der Waals surface area contributed by atoms with Gasteiger partial charge in [0.05, 0.1) is 26.3 Å². The lowest BCUT2D eigenvalue weighted by molar-refractivity contribution is -0.258. The van der Waals surface area contributed by atoms with Crippen LogP contribution in [-0.4, -0.2) is 71.8 Å². The quantitative estimate of drug-likeness (QED) is 0.764. The van der Waals surface area contributed by atoms with Crippen LogP contribution < -0.4 is 0 Å². The standard InChI is InChI=1S/C19H20FN3O4S/c20-15-4-2-14(3-5-15)17(24)22-7-1-9-26-19(12-22)13-23(8-10-27-19)18(25)16-21-6-11-28-16/h2-6,11H,1,7-10,12-13H2. The molecule has 1 spiro atoms. The van der Waals surface area contributed by atoms with Crippen LogP contribution in [0, 0.1) is 5.82 Å². The molecule has 2 saturated heterocycles. The van der Waals surface area contributed by atoms with Gasteiger partial charge in [0.1, 0.15) is 5.82 Å². The molecule has 0 bridgehead atoms. The van der Waals surface area contributed by atoms with E-state index in [9.17, 15) is 14.0 Å². The van der Waals surface area contributed by atoms with Gasteiger partial charge in [-0.2, -0.15) is 0 Å². The smallest absolute Gasteiger partial charge is 0.283 e. The van der Waals surface area contributed by atoms with E-state index in [1.54, 1.807) is 21.4 Å². The fourth-order valence-corrected chi connectivity index (χ4v) is 4.06. The monoisotopic (exact) mass is 405 g/mol. The average Bonchev–Trinajstić information content (AvgIpc) is 3.17. The summed E-state index contributed by atoms with van der Waals surface area (Å²) in [5.41, 5.74) is 0.407. The van der Waals surface area contributed by atoms with Crippen molar-refractivity contribution in [3.05, 3.63) is 52.2 Å². The maximum Gasteiger partial charge on any atom is 0.283 e. The van der Waals surface area contributed by atoms with E-state index in [1.807, 2.05) is 0 Å². The van der Waals surface area contributed by atoms with Crippen molar-refractivity contribution in [1.82, 2.24) is 14.8 Å². The first-order valence-corrected chi connectivity index (χ1v) is 9.96. The zero-order chi connectivity index (χ0) is 19.6. The van der Waals surface area contributed by atoms with Crippen LogP contribution in [0.15, 0.2) is 35.8 Å². The molecule has 7 nitrogen and oxygen atoms in total. The normalized spacial score (nSPS) is 22.9. The number of thiazole rings is 1. The Hall–Kier alpha value is -2.36. The summed E-state index contributed by atoms with van der Waals surface area (Å²) in [5.74, 6) is -1.84. The number of amides is 2. The zero-order valence-electron chi connectivity index (χ0n) is 15.2. The molecule has 148 valence electrons. The van der Waals surface area contributed by atoms with Crippen molar-refractivity contribution in [3.8, 4) is 0 Å². The summed E-state index contributed by atoms with van der Waals surface area (Å²) in [6, 6.07) is 5.47. The van der Waals surface area contributed by atoms with Gasteiger partial charge in [-0.25, -0.2) is 9.37 Å². The maximum atomic E-state index is 13.2. The molecule has 2 aromatic rings. The van der Waals surface area contributed by atoms with Gasteiger partial charge in [0.2, 0.25) is 5.79 Å². The molecular formula is C19H20FN3O4S. The summed E-state index contributed by atoms with van der Waals surface area (Å²) in [5, 5.41) is 2.18. The Bertz CT molecular complexity index is 845. The molecule has 0 aliphatic carbocycles. The highest BCUT2D eigenvalue weighted by atomic mass is 32.1. The molecule has 0 saturated carbocycles. The van der Waals surface area contributed by atoms with E-state index in [4.69, 9.17) is 9.47 Å². The minimum absolute atomic E-state index is 0.165. The molecule has 0 radical (unpaired) electrons. The number of halogens is 1. The van der Waals surface area contributed by atoms with Crippen LogP contribution in [-0.2, 0) is 9.47 Å². The first-order valence-electron chi connectivity index (χ1n) is 9.08. The van der Waals surface area contributed by atoms with E-state index in [-0.39, 0.29) is 30.7 Å². The van der Waals surface area contributed by atoms with Gasteiger partial charge in [-0.1, -0.05) is 0 Å². The number of carbonyl (C=O) groups is 2. The number of morpholine rings is 1.